The molecule has 1 aromatic heterocycles. The Morgan fingerprint density at radius 2 is 2.42 bits per heavy atom. The van der Waals surface area contributed by atoms with E-state index in [0.717, 1.165) is 5.56 Å². The van der Waals surface area contributed by atoms with E-state index < -0.39 is 0 Å². The Kier molecular flexibility index (Phi) is 3.61. The Balaban J connectivity index is 2.71. The predicted molar refractivity (Wildman–Crippen MR) is 50.5 cm³/mol. The zero-order valence-corrected chi connectivity index (χ0v) is 7.58. The van der Waals surface area contributed by atoms with Crippen LogP contribution in [-0.4, -0.2) is 18.0 Å². The van der Waals surface area contributed by atoms with Crippen molar-refractivity contribution >= 4 is 17.7 Å². The van der Waals surface area contributed by atoms with Gasteiger partial charge in [0.1, 0.15) is 0 Å². The van der Waals surface area contributed by atoms with Gasteiger partial charge in [-0.2, -0.15) is 0 Å². The molecule has 0 saturated heterocycles. The highest BCUT2D eigenvalue weighted by Crippen LogP contribution is 2.07. The highest BCUT2D eigenvalue weighted by atomic mass is 35.5. The Morgan fingerprint density at radius 3 is 2.92 bits per heavy atom. The Hall–Kier alpha value is -1.02. The number of aromatic nitrogens is 1. The van der Waals surface area contributed by atoms with E-state index in [1.54, 1.807) is 13.3 Å². The van der Waals surface area contributed by atoms with Crippen molar-refractivity contribution in [2.75, 3.05) is 13.0 Å². The molecule has 3 heteroatoms. The van der Waals surface area contributed by atoms with Crippen LogP contribution in [0.3, 0.4) is 0 Å². The van der Waals surface area contributed by atoms with E-state index in [1.165, 1.54) is 0 Å². The molecule has 64 valence electrons. The minimum Gasteiger partial charge on any atom is -0.481 e. The fourth-order valence-electron chi connectivity index (χ4n) is 0.792. The number of hydrogen-bond acceptors (Lipinski definition) is 2. The lowest BCUT2D eigenvalue weighted by Crippen LogP contribution is -1.86. The zero-order chi connectivity index (χ0) is 8.81. The highest BCUT2D eigenvalue weighted by molar-refractivity contribution is 6.19. The summed E-state index contributed by atoms with van der Waals surface area (Å²) in [6.45, 7) is 0. The fourth-order valence-corrected chi connectivity index (χ4v) is 0.881. The molecule has 2 nitrogen and oxygen atoms in total. The summed E-state index contributed by atoms with van der Waals surface area (Å²) < 4.78 is 4.91. The molecular formula is C9H10ClNO. The molecule has 0 saturated carbocycles. The molecule has 0 aromatic carbocycles. The summed E-state index contributed by atoms with van der Waals surface area (Å²) in [4.78, 5) is 4.03. The average Bonchev–Trinajstić information content (AvgIpc) is 2.15. The summed E-state index contributed by atoms with van der Waals surface area (Å²) in [5.74, 6) is 1.14. The maximum absolute atomic E-state index is 5.48. The van der Waals surface area contributed by atoms with Crippen LogP contribution in [0.2, 0.25) is 0 Å². The first-order valence-electron chi connectivity index (χ1n) is 3.59. The molecule has 0 fully saturated rings. The molecule has 12 heavy (non-hydrogen) atoms. The van der Waals surface area contributed by atoms with Gasteiger partial charge in [0.2, 0.25) is 5.88 Å². The molecule has 0 radical (unpaired) electrons. The van der Waals surface area contributed by atoms with Gasteiger partial charge >= 0.3 is 0 Å². The monoisotopic (exact) mass is 183 g/mol. The summed E-state index contributed by atoms with van der Waals surface area (Å²) in [5.41, 5.74) is 1.02. The lowest BCUT2D eigenvalue weighted by atomic mass is 10.3. The standard InChI is InChI=1S/C9H10ClNO/c1-12-9-5-4-8(7-11-9)3-2-6-10/h2-5,7H,6H2,1H3. The van der Waals surface area contributed by atoms with E-state index in [0.29, 0.717) is 11.8 Å². The van der Waals surface area contributed by atoms with Gasteiger partial charge in [-0.15, -0.1) is 11.6 Å². The normalized spacial score (nSPS) is 10.5. The number of ether oxygens (including phenoxy) is 1. The molecule has 0 amide bonds. The molecule has 0 spiro atoms. The number of hydrogen-bond donors (Lipinski definition) is 0. The van der Waals surface area contributed by atoms with Gasteiger partial charge in [0, 0.05) is 18.1 Å². The molecule has 0 aliphatic carbocycles. The van der Waals surface area contributed by atoms with Gasteiger partial charge in [-0.1, -0.05) is 12.2 Å². The number of rotatable bonds is 3. The number of nitrogens with zero attached hydrogens (tertiary/aromatic N) is 1. The van der Waals surface area contributed by atoms with Crippen molar-refractivity contribution in [1.82, 2.24) is 4.98 Å². The van der Waals surface area contributed by atoms with E-state index in [2.05, 4.69) is 4.98 Å². The highest BCUT2D eigenvalue weighted by Gasteiger charge is 1.90. The largest absolute Gasteiger partial charge is 0.481 e. The minimum atomic E-state index is 0.520. The van der Waals surface area contributed by atoms with Crippen molar-refractivity contribution in [2.24, 2.45) is 0 Å². The van der Waals surface area contributed by atoms with Gasteiger partial charge in [0.05, 0.1) is 7.11 Å². The zero-order valence-electron chi connectivity index (χ0n) is 6.83. The van der Waals surface area contributed by atoms with Crippen molar-refractivity contribution in [3.8, 4) is 5.88 Å². The topological polar surface area (TPSA) is 22.1 Å². The molecule has 0 atom stereocenters. The van der Waals surface area contributed by atoms with Crippen LogP contribution in [-0.2, 0) is 0 Å². The van der Waals surface area contributed by atoms with E-state index >= 15 is 0 Å². The van der Waals surface area contributed by atoms with Gasteiger partial charge in [-0.05, 0) is 11.6 Å². The Bertz CT molecular complexity index is 256. The summed E-state index contributed by atoms with van der Waals surface area (Å²) in [7, 11) is 1.59. The molecule has 0 aliphatic rings. The number of pyridine rings is 1. The van der Waals surface area contributed by atoms with E-state index in [9.17, 15) is 0 Å². The lowest BCUT2D eigenvalue weighted by Gasteiger charge is -1.97. The van der Waals surface area contributed by atoms with Crippen molar-refractivity contribution < 1.29 is 4.74 Å². The molecule has 0 N–H and O–H groups in total. The fraction of sp³-hybridized carbons (Fsp3) is 0.222. The Labute approximate surface area is 76.8 Å². The number of methoxy groups -OCH3 is 1. The number of halogens is 1. The third-order valence-electron chi connectivity index (χ3n) is 1.37. The van der Waals surface area contributed by atoms with Crippen LogP contribution in [0.1, 0.15) is 5.56 Å². The van der Waals surface area contributed by atoms with Crippen molar-refractivity contribution in [2.45, 2.75) is 0 Å². The maximum Gasteiger partial charge on any atom is 0.212 e. The summed E-state index contributed by atoms with van der Waals surface area (Å²) in [6, 6.07) is 3.74. The molecule has 0 bridgehead atoms. The quantitative estimate of drug-likeness (QED) is 0.672. The van der Waals surface area contributed by atoms with Crippen molar-refractivity contribution in [3.63, 3.8) is 0 Å². The molecule has 1 aromatic rings. The smallest absolute Gasteiger partial charge is 0.212 e. The van der Waals surface area contributed by atoms with E-state index in [1.807, 2.05) is 24.3 Å². The van der Waals surface area contributed by atoms with Crippen LogP contribution >= 0.6 is 11.6 Å². The first-order chi connectivity index (χ1) is 5.86. The third kappa shape index (κ3) is 2.55. The first-order valence-corrected chi connectivity index (χ1v) is 4.13. The van der Waals surface area contributed by atoms with Crippen LogP contribution in [0, 0.1) is 0 Å². The van der Waals surface area contributed by atoms with Gasteiger partial charge in [-0.25, -0.2) is 4.98 Å². The second-order valence-electron chi connectivity index (χ2n) is 2.19. The number of allylic oxidation sites excluding steroid dienone is 1. The molecular weight excluding hydrogens is 174 g/mol. The molecule has 0 aliphatic heterocycles. The average molecular weight is 184 g/mol. The van der Waals surface area contributed by atoms with E-state index in [4.69, 9.17) is 16.3 Å². The van der Waals surface area contributed by atoms with Crippen LogP contribution < -0.4 is 4.74 Å². The maximum atomic E-state index is 5.48. The summed E-state index contributed by atoms with van der Waals surface area (Å²) in [6.07, 6.45) is 5.52. The summed E-state index contributed by atoms with van der Waals surface area (Å²) in [5, 5.41) is 0. The van der Waals surface area contributed by atoms with Gasteiger partial charge in [0.25, 0.3) is 0 Å². The van der Waals surface area contributed by atoms with Gasteiger partial charge < -0.3 is 4.74 Å². The van der Waals surface area contributed by atoms with Crippen LogP contribution in [0.25, 0.3) is 6.08 Å². The molecule has 0 unspecified atom stereocenters. The van der Waals surface area contributed by atoms with Crippen molar-refractivity contribution in [1.29, 1.82) is 0 Å². The van der Waals surface area contributed by atoms with Crippen LogP contribution in [0.15, 0.2) is 24.4 Å². The van der Waals surface area contributed by atoms with Crippen LogP contribution in [0.4, 0.5) is 0 Å². The SMILES string of the molecule is COc1ccc(C=CCCl)cn1. The second kappa shape index (κ2) is 4.78. The van der Waals surface area contributed by atoms with Gasteiger partial charge in [0.15, 0.2) is 0 Å². The first kappa shape index (κ1) is 9.07. The lowest BCUT2D eigenvalue weighted by molar-refractivity contribution is 0.398. The second-order valence-corrected chi connectivity index (χ2v) is 2.50. The number of alkyl halides is 1. The van der Waals surface area contributed by atoms with E-state index in [-0.39, 0.29) is 0 Å². The van der Waals surface area contributed by atoms with Crippen molar-refractivity contribution in [3.05, 3.63) is 30.0 Å². The summed E-state index contributed by atoms with van der Waals surface area (Å²) >= 11 is 5.48. The van der Waals surface area contributed by atoms with Crippen LogP contribution in [0.5, 0.6) is 5.88 Å². The molecule has 1 rings (SSSR count). The third-order valence-corrected chi connectivity index (χ3v) is 1.55. The predicted octanol–water partition coefficient (Wildman–Crippen LogP) is 2.34. The molecule has 1 heterocycles. The Morgan fingerprint density at radius 1 is 1.58 bits per heavy atom. The van der Waals surface area contributed by atoms with Gasteiger partial charge in [-0.3, -0.25) is 0 Å². The minimum absolute atomic E-state index is 0.520.